The first kappa shape index (κ1) is 12.1. The summed E-state index contributed by atoms with van der Waals surface area (Å²) in [6, 6.07) is 7.19. The third kappa shape index (κ3) is 1.95. The lowest BCUT2D eigenvalue weighted by molar-refractivity contribution is -0.139. The van der Waals surface area contributed by atoms with Crippen molar-refractivity contribution >= 4 is 23.5 Å². The Hall–Kier alpha value is -1.35. The number of rotatable bonds is 3. The third-order valence-corrected chi connectivity index (χ3v) is 3.25. The Morgan fingerprint density at radius 1 is 1.29 bits per heavy atom. The Bertz CT molecular complexity index is 467. The van der Waals surface area contributed by atoms with Crippen LogP contribution >= 0.6 is 11.6 Å². The van der Waals surface area contributed by atoms with E-state index in [-0.39, 0.29) is 5.97 Å². The van der Waals surface area contributed by atoms with Gasteiger partial charge in [-0.15, -0.1) is 0 Å². The van der Waals surface area contributed by atoms with E-state index in [1.165, 1.54) is 0 Å². The van der Waals surface area contributed by atoms with Crippen molar-refractivity contribution < 1.29 is 9.53 Å². The summed E-state index contributed by atoms with van der Waals surface area (Å²) < 4.78 is 5.18. The highest BCUT2D eigenvalue weighted by Gasteiger charge is 2.45. The predicted octanol–water partition coefficient (Wildman–Crippen LogP) is 3.31. The summed E-state index contributed by atoms with van der Waals surface area (Å²) in [4.78, 5) is 16.5. The molecule has 0 N–H and O–H groups in total. The molecule has 0 saturated heterocycles. The van der Waals surface area contributed by atoms with E-state index in [1.807, 2.05) is 26.0 Å². The molecule has 1 aromatic rings. The minimum atomic E-state index is -0.879. The van der Waals surface area contributed by atoms with Crippen LogP contribution in [0.5, 0.6) is 0 Å². The Labute approximate surface area is 105 Å². The average molecular weight is 252 g/mol. The Morgan fingerprint density at radius 2 is 1.94 bits per heavy atom. The van der Waals surface area contributed by atoms with Crippen molar-refractivity contribution in [1.29, 1.82) is 0 Å². The Kier molecular flexibility index (Phi) is 3.20. The maximum absolute atomic E-state index is 12.0. The van der Waals surface area contributed by atoms with Crippen LogP contribution in [0.2, 0.25) is 5.02 Å². The highest BCUT2D eigenvalue weighted by molar-refractivity contribution is 6.30. The minimum absolute atomic E-state index is 0.292. The van der Waals surface area contributed by atoms with Crippen molar-refractivity contribution in [3.8, 4) is 0 Å². The number of hydrogen-bond donors (Lipinski definition) is 0. The Balaban J connectivity index is 2.48. The van der Waals surface area contributed by atoms with Crippen LogP contribution in [0.3, 0.4) is 0 Å². The van der Waals surface area contributed by atoms with Crippen LogP contribution in [-0.2, 0) is 15.1 Å². The van der Waals surface area contributed by atoms with Gasteiger partial charge in [0.15, 0.2) is 11.4 Å². The van der Waals surface area contributed by atoms with Crippen LogP contribution in [0.25, 0.3) is 0 Å². The molecule has 1 aliphatic rings. The molecule has 0 amide bonds. The molecule has 0 spiro atoms. The fourth-order valence-electron chi connectivity index (χ4n) is 1.96. The number of nitrogens with zero attached hydrogens (tertiary/aromatic N) is 1. The minimum Gasteiger partial charge on any atom is -0.410 e. The zero-order valence-electron chi connectivity index (χ0n) is 9.87. The molecule has 1 aliphatic heterocycles. The van der Waals surface area contributed by atoms with Crippen molar-refractivity contribution in [3.05, 3.63) is 34.9 Å². The van der Waals surface area contributed by atoms with Gasteiger partial charge in [0.05, 0.1) is 0 Å². The molecule has 1 heterocycles. The number of benzene rings is 1. The summed E-state index contributed by atoms with van der Waals surface area (Å²) in [5.74, 6) is 0.214. The summed E-state index contributed by atoms with van der Waals surface area (Å²) in [7, 11) is 0. The van der Waals surface area contributed by atoms with E-state index in [1.54, 1.807) is 12.1 Å². The van der Waals surface area contributed by atoms with Crippen LogP contribution in [-0.4, -0.2) is 11.9 Å². The molecule has 0 saturated carbocycles. The molecular formula is C13H14ClNO2. The monoisotopic (exact) mass is 251 g/mol. The maximum atomic E-state index is 12.0. The van der Waals surface area contributed by atoms with Gasteiger partial charge in [-0.2, -0.15) is 0 Å². The van der Waals surface area contributed by atoms with Gasteiger partial charge in [0.25, 0.3) is 0 Å². The van der Waals surface area contributed by atoms with E-state index in [0.717, 1.165) is 5.56 Å². The molecule has 4 heteroatoms. The van der Waals surface area contributed by atoms with Crippen LogP contribution in [0.15, 0.2) is 29.3 Å². The summed E-state index contributed by atoms with van der Waals surface area (Å²) in [6.45, 7) is 3.84. The van der Waals surface area contributed by atoms with Crippen molar-refractivity contribution in [2.45, 2.75) is 32.2 Å². The number of carbonyl (C=O) groups excluding carboxylic acids is 1. The second-order valence-electron chi connectivity index (χ2n) is 3.97. The van der Waals surface area contributed by atoms with Crippen LogP contribution in [0.4, 0.5) is 0 Å². The summed E-state index contributed by atoms with van der Waals surface area (Å²) in [5, 5.41) is 0.645. The van der Waals surface area contributed by atoms with E-state index in [9.17, 15) is 4.79 Å². The molecule has 2 rings (SSSR count). The summed E-state index contributed by atoms with van der Waals surface area (Å²) >= 11 is 5.85. The third-order valence-electron chi connectivity index (χ3n) is 3.00. The first-order valence-corrected chi connectivity index (χ1v) is 6.07. The maximum Gasteiger partial charge on any atom is 0.345 e. The van der Waals surface area contributed by atoms with Gasteiger partial charge < -0.3 is 4.74 Å². The molecule has 90 valence electrons. The van der Waals surface area contributed by atoms with Crippen molar-refractivity contribution in [1.82, 2.24) is 0 Å². The molecule has 1 aromatic carbocycles. The second-order valence-corrected chi connectivity index (χ2v) is 4.41. The van der Waals surface area contributed by atoms with Crippen molar-refractivity contribution in [2.24, 2.45) is 4.99 Å². The molecular weight excluding hydrogens is 238 g/mol. The molecule has 17 heavy (non-hydrogen) atoms. The molecule has 0 fully saturated rings. The SMILES string of the molecule is CCC1=NC(CC)(c2ccc(Cl)cc2)C(=O)O1. The van der Waals surface area contributed by atoms with Gasteiger partial charge in [-0.3, -0.25) is 0 Å². The summed E-state index contributed by atoms with van der Waals surface area (Å²) in [5.41, 5.74) is -0.0477. The van der Waals surface area contributed by atoms with E-state index < -0.39 is 5.54 Å². The zero-order chi connectivity index (χ0) is 12.5. The number of carbonyl (C=O) groups is 1. The number of esters is 1. The van der Waals surface area contributed by atoms with E-state index in [2.05, 4.69) is 4.99 Å². The molecule has 1 atom stereocenters. The largest absolute Gasteiger partial charge is 0.410 e. The van der Waals surface area contributed by atoms with Crippen LogP contribution < -0.4 is 0 Å². The number of hydrogen-bond acceptors (Lipinski definition) is 3. The van der Waals surface area contributed by atoms with E-state index >= 15 is 0 Å². The van der Waals surface area contributed by atoms with Gasteiger partial charge >= 0.3 is 5.97 Å². The normalized spacial score (nSPS) is 23.5. The lowest BCUT2D eigenvalue weighted by atomic mass is 9.88. The standard InChI is InChI=1S/C13H14ClNO2/c1-3-11-15-13(4-2,12(16)17-11)9-5-7-10(14)8-6-9/h5-8H,3-4H2,1-2H3. The zero-order valence-corrected chi connectivity index (χ0v) is 10.6. The highest BCUT2D eigenvalue weighted by Crippen LogP contribution is 2.36. The lowest BCUT2D eigenvalue weighted by Gasteiger charge is -2.20. The number of aliphatic imine (C=N–C) groups is 1. The van der Waals surface area contributed by atoms with Crippen molar-refractivity contribution in [2.75, 3.05) is 0 Å². The highest BCUT2D eigenvalue weighted by atomic mass is 35.5. The molecule has 1 unspecified atom stereocenters. The average Bonchev–Trinajstić information content (AvgIpc) is 2.68. The summed E-state index contributed by atoms with van der Waals surface area (Å²) in [6.07, 6.45) is 1.21. The number of ether oxygens (including phenoxy) is 1. The van der Waals surface area contributed by atoms with Gasteiger partial charge in [-0.05, 0) is 24.1 Å². The van der Waals surface area contributed by atoms with Crippen molar-refractivity contribution in [3.63, 3.8) is 0 Å². The number of halogens is 1. The quantitative estimate of drug-likeness (QED) is 0.773. The second kappa shape index (κ2) is 4.49. The van der Waals surface area contributed by atoms with E-state index in [0.29, 0.717) is 23.8 Å². The predicted molar refractivity (Wildman–Crippen MR) is 67.2 cm³/mol. The fourth-order valence-corrected chi connectivity index (χ4v) is 2.09. The Morgan fingerprint density at radius 3 is 2.41 bits per heavy atom. The molecule has 0 aromatic heterocycles. The number of cyclic esters (lactones) is 1. The van der Waals surface area contributed by atoms with Crippen LogP contribution in [0, 0.1) is 0 Å². The van der Waals surface area contributed by atoms with Gasteiger partial charge in [0, 0.05) is 11.4 Å². The smallest absolute Gasteiger partial charge is 0.345 e. The van der Waals surface area contributed by atoms with Gasteiger partial charge in [-0.1, -0.05) is 37.6 Å². The fraction of sp³-hybridized carbons (Fsp3) is 0.385. The van der Waals surface area contributed by atoms with Gasteiger partial charge in [0.1, 0.15) is 0 Å². The van der Waals surface area contributed by atoms with E-state index in [4.69, 9.17) is 16.3 Å². The lowest BCUT2D eigenvalue weighted by Crippen LogP contribution is -2.30. The first-order valence-electron chi connectivity index (χ1n) is 5.69. The molecule has 0 aliphatic carbocycles. The van der Waals surface area contributed by atoms with Gasteiger partial charge in [-0.25, -0.2) is 9.79 Å². The van der Waals surface area contributed by atoms with Crippen LogP contribution in [0.1, 0.15) is 32.3 Å². The van der Waals surface area contributed by atoms with Gasteiger partial charge in [0.2, 0.25) is 0 Å². The molecule has 3 nitrogen and oxygen atoms in total. The molecule has 0 radical (unpaired) electrons. The first-order chi connectivity index (χ1) is 8.12. The topological polar surface area (TPSA) is 38.7 Å². The molecule has 0 bridgehead atoms.